The second-order valence-corrected chi connectivity index (χ2v) is 7.02. The van der Waals surface area contributed by atoms with Gasteiger partial charge in [0, 0.05) is 27.2 Å². The van der Waals surface area contributed by atoms with Gasteiger partial charge in [-0.25, -0.2) is 0 Å². The third-order valence-electron chi connectivity index (χ3n) is 3.99. The molecule has 0 aliphatic heterocycles. The van der Waals surface area contributed by atoms with Crippen molar-refractivity contribution in [2.24, 2.45) is 10.4 Å². The molecule has 0 aliphatic carbocycles. The number of rotatable bonds is 8. The number of benzene rings is 1. The Morgan fingerprint density at radius 2 is 1.77 bits per heavy atom. The van der Waals surface area contributed by atoms with Gasteiger partial charge in [-0.3, -0.25) is 9.79 Å². The number of carbonyl (C=O) groups excluding carboxylic acids is 1. The van der Waals surface area contributed by atoms with Crippen molar-refractivity contribution in [3.8, 4) is 5.75 Å². The first kappa shape index (κ1) is 21.8. The van der Waals surface area contributed by atoms with Gasteiger partial charge in [0.25, 0.3) is 0 Å². The quantitative estimate of drug-likeness (QED) is 0.481. The molecule has 0 fully saturated rings. The topological polar surface area (TPSA) is 84.0 Å². The van der Waals surface area contributed by atoms with E-state index in [9.17, 15) is 4.79 Å². The zero-order valence-corrected chi connectivity index (χ0v) is 16.7. The summed E-state index contributed by atoms with van der Waals surface area (Å²) >= 11 is 0. The first-order valence-electron chi connectivity index (χ1n) is 8.67. The van der Waals surface area contributed by atoms with Crippen LogP contribution >= 0.6 is 0 Å². The summed E-state index contributed by atoms with van der Waals surface area (Å²) in [4.78, 5) is 16.1. The Balaban J connectivity index is 2.37. The van der Waals surface area contributed by atoms with Crippen LogP contribution < -0.4 is 20.7 Å². The minimum Gasteiger partial charge on any atom is -0.497 e. The second-order valence-electron chi connectivity index (χ2n) is 7.02. The number of guanidine groups is 1. The van der Waals surface area contributed by atoms with Gasteiger partial charge in [-0.1, -0.05) is 32.9 Å². The monoisotopic (exact) mass is 364 g/mol. The zero-order chi connectivity index (χ0) is 19.6. The Bertz CT molecular complexity index is 579. The number of methoxy groups -OCH3 is 2. The average molecular weight is 364 g/mol. The SMILES string of the molecule is CN=C(NCC(=O)NCc1ccc(OC)cc1)NCC(OC)C(C)(C)C. The third kappa shape index (κ3) is 7.74. The molecule has 0 saturated carbocycles. The fourth-order valence-electron chi connectivity index (χ4n) is 2.32. The number of hydrogen-bond donors (Lipinski definition) is 3. The summed E-state index contributed by atoms with van der Waals surface area (Å²) in [6, 6.07) is 7.58. The van der Waals surface area contributed by atoms with Gasteiger partial charge >= 0.3 is 0 Å². The number of amides is 1. The van der Waals surface area contributed by atoms with E-state index in [0.29, 0.717) is 19.0 Å². The molecule has 26 heavy (non-hydrogen) atoms. The average Bonchev–Trinajstić information content (AvgIpc) is 2.62. The van der Waals surface area contributed by atoms with Crippen LogP contribution in [-0.2, 0) is 16.1 Å². The molecule has 1 rings (SSSR count). The van der Waals surface area contributed by atoms with Crippen molar-refractivity contribution >= 4 is 11.9 Å². The lowest BCUT2D eigenvalue weighted by Gasteiger charge is -2.30. The molecule has 1 aromatic rings. The maximum absolute atomic E-state index is 12.0. The first-order chi connectivity index (χ1) is 12.3. The number of ether oxygens (including phenoxy) is 2. The van der Waals surface area contributed by atoms with E-state index >= 15 is 0 Å². The molecule has 0 heterocycles. The zero-order valence-electron chi connectivity index (χ0n) is 16.7. The number of hydrogen-bond acceptors (Lipinski definition) is 4. The fourth-order valence-corrected chi connectivity index (χ4v) is 2.32. The summed E-state index contributed by atoms with van der Waals surface area (Å²) in [7, 11) is 4.99. The molecule has 1 amide bonds. The minimum absolute atomic E-state index is 0.0103. The van der Waals surface area contributed by atoms with E-state index in [1.165, 1.54) is 0 Å². The van der Waals surface area contributed by atoms with Crippen LogP contribution in [0.2, 0.25) is 0 Å². The molecule has 0 saturated heterocycles. The molecular weight excluding hydrogens is 332 g/mol. The van der Waals surface area contributed by atoms with Crippen molar-refractivity contribution in [3.63, 3.8) is 0 Å². The number of nitrogens with one attached hydrogen (secondary N) is 3. The standard InChI is InChI=1S/C19H32N4O3/c1-19(2,3)16(26-6)12-22-18(20-4)23-13-17(24)21-11-14-7-9-15(25-5)10-8-14/h7-10,16H,11-13H2,1-6H3,(H,21,24)(H2,20,22,23). The molecule has 1 unspecified atom stereocenters. The molecule has 7 nitrogen and oxygen atoms in total. The van der Waals surface area contributed by atoms with Gasteiger partial charge in [0.1, 0.15) is 5.75 Å². The summed E-state index contributed by atoms with van der Waals surface area (Å²) in [5, 5.41) is 9.06. The van der Waals surface area contributed by atoms with E-state index < -0.39 is 0 Å². The smallest absolute Gasteiger partial charge is 0.239 e. The molecule has 0 spiro atoms. The van der Waals surface area contributed by atoms with Gasteiger partial charge in [-0.15, -0.1) is 0 Å². The van der Waals surface area contributed by atoms with Crippen molar-refractivity contribution in [2.45, 2.75) is 33.4 Å². The molecule has 146 valence electrons. The maximum atomic E-state index is 12.0. The molecule has 0 aromatic heterocycles. The lowest BCUT2D eigenvalue weighted by atomic mass is 9.89. The minimum atomic E-state index is -0.108. The van der Waals surface area contributed by atoms with Gasteiger partial charge in [-0.2, -0.15) is 0 Å². The highest BCUT2D eigenvalue weighted by Gasteiger charge is 2.24. The Kier molecular flexibility index (Phi) is 8.92. The highest BCUT2D eigenvalue weighted by molar-refractivity contribution is 5.86. The second kappa shape index (κ2) is 10.7. The van der Waals surface area contributed by atoms with Crippen LogP contribution in [-0.4, -0.2) is 52.3 Å². The third-order valence-corrected chi connectivity index (χ3v) is 3.99. The van der Waals surface area contributed by atoms with Crippen molar-refractivity contribution < 1.29 is 14.3 Å². The Morgan fingerprint density at radius 3 is 2.27 bits per heavy atom. The molecule has 3 N–H and O–H groups in total. The van der Waals surface area contributed by atoms with E-state index in [2.05, 4.69) is 41.7 Å². The summed E-state index contributed by atoms with van der Waals surface area (Å²) in [5.41, 5.74) is 1.02. The van der Waals surface area contributed by atoms with Gasteiger partial charge in [0.15, 0.2) is 5.96 Å². The van der Waals surface area contributed by atoms with Crippen molar-refractivity contribution in [1.82, 2.24) is 16.0 Å². The molecule has 0 radical (unpaired) electrons. The van der Waals surface area contributed by atoms with Crippen LogP contribution in [0.25, 0.3) is 0 Å². The van der Waals surface area contributed by atoms with Gasteiger partial charge in [0.05, 0.1) is 19.8 Å². The van der Waals surface area contributed by atoms with Crippen LogP contribution in [0.4, 0.5) is 0 Å². The highest BCUT2D eigenvalue weighted by atomic mass is 16.5. The molecule has 0 aliphatic rings. The molecule has 1 atom stereocenters. The summed E-state index contributed by atoms with van der Waals surface area (Å²) in [6.45, 7) is 7.56. The van der Waals surface area contributed by atoms with Gasteiger partial charge < -0.3 is 25.4 Å². The Morgan fingerprint density at radius 1 is 1.12 bits per heavy atom. The van der Waals surface area contributed by atoms with Crippen LogP contribution in [0.3, 0.4) is 0 Å². The highest BCUT2D eigenvalue weighted by Crippen LogP contribution is 2.20. The van der Waals surface area contributed by atoms with E-state index in [-0.39, 0.29) is 24.0 Å². The molecule has 0 bridgehead atoms. The molecule has 7 heteroatoms. The van der Waals surface area contributed by atoms with Crippen LogP contribution in [0.5, 0.6) is 5.75 Å². The van der Waals surface area contributed by atoms with Crippen molar-refractivity contribution in [3.05, 3.63) is 29.8 Å². The number of aliphatic imine (C=N–C) groups is 1. The molecular formula is C19H32N4O3. The van der Waals surface area contributed by atoms with E-state index in [0.717, 1.165) is 11.3 Å². The van der Waals surface area contributed by atoms with Gasteiger partial charge in [-0.05, 0) is 23.1 Å². The van der Waals surface area contributed by atoms with Crippen molar-refractivity contribution in [2.75, 3.05) is 34.4 Å². The van der Waals surface area contributed by atoms with Crippen LogP contribution in [0.15, 0.2) is 29.3 Å². The normalized spacial score (nSPS) is 13.1. The lowest BCUT2D eigenvalue weighted by Crippen LogP contribution is -2.47. The predicted molar refractivity (Wildman–Crippen MR) is 104 cm³/mol. The van der Waals surface area contributed by atoms with Crippen LogP contribution in [0, 0.1) is 5.41 Å². The van der Waals surface area contributed by atoms with Gasteiger partial charge in [0.2, 0.25) is 5.91 Å². The predicted octanol–water partition coefficient (Wildman–Crippen LogP) is 1.54. The summed E-state index contributed by atoms with van der Waals surface area (Å²) in [5.74, 6) is 1.25. The van der Waals surface area contributed by atoms with Crippen molar-refractivity contribution in [1.29, 1.82) is 0 Å². The molecule has 1 aromatic carbocycles. The van der Waals surface area contributed by atoms with E-state index in [1.807, 2.05) is 24.3 Å². The Labute approximate surface area is 156 Å². The first-order valence-corrected chi connectivity index (χ1v) is 8.67. The summed E-state index contributed by atoms with van der Waals surface area (Å²) in [6.07, 6.45) is 0.0324. The maximum Gasteiger partial charge on any atom is 0.239 e. The largest absolute Gasteiger partial charge is 0.497 e. The van der Waals surface area contributed by atoms with E-state index in [1.54, 1.807) is 21.3 Å². The lowest BCUT2D eigenvalue weighted by molar-refractivity contribution is -0.120. The number of nitrogens with zero attached hydrogens (tertiary/aromatic N) is 1. The summed E-state index contributed by atoms with van der Waals surface area (Å²) < 4.78 is 10.6. The fraction of sp³-hybridized carbons (Fsp3) is 0.579. The van der Waals surface area contributed by atoms with E-state index in [4.69, 9.17) is 9.47 Å². The Hall–Kier alpha value is -2.28. The number of carbonyl (C=O) groups is 1. The van der Waals surface area contributed by atoms with Crippen LogP contribution in [0.1, 0.15) is 26.3 Å².